The van der Waals surface area contributed by atoms with Crippen molar-refractivity contribution in [3.63, 3.8) is 0 Å². The Morgan fingerprint density at radius 3 is 2.43 bits per heavy atom. The molecule has 0 aliphatic heterocycles. The average molecular weight is 324 g/mol. The predicted octanol–water partition coefficient (Wildman–Crippen LogP) is 3.08. The number of halogens is 1. The van der Waals surface area contributed by atoms with Gasteiger partial charge in [-0.1, -0.05) is 48.0 Å². The zero-order valence-corrected chi connectivity index (χ0v) is 13.4. The molecule has 2 aromatic carbocycles. The monoisotopic (exact) mass is 323 g/mol. The van der Waals surface area contributed by atoms with Crippen LogP contribution in [0.2, 0.25) is 5.02 Å². The molecule has 0 radical (unpaired) electrons. The van der Waals surface area contributed by atoms with E-state index in [1.807, 2.05) is 18.2 Å². The summed E-state index contributed by atoms with van der Waals surface area (Å²) in [5.74, 6) is 0. The first-order valence-corrected chi connectivity index (χ1v) is 8.97. The van der Waals surface area contributed by atoms with Crippen LogP contribution in [-0.4, -0.2) is 21.2 Å². The Morgan fingerprint density at radius 1 is 1.05 bits per heavy atom. The Balaban J connectivity index is 2.00. The standard InChI is InChI=1S/C16H18ClNO2S/c1-21(19,20)16-9-5-8-15(17)14(16)12-18-11-10-13-6-3-2-4-7-13/h2-9,18H,10-12H2,1H3. The molecule has 0 spiro atoms. The van der Waals surface area contributed by atoms with Crippen LogP contribution in [0.25, 0.3) is 0 Å². The summed E-state index contributed by atoms with van der Waals surface area (Å²) in [6.07, 6.45) is 2.09. The van der Waals surface area contributed by atoms with Gasteiger partial charge in [-0.2, -0.15) is 0 Å². The third kappa shape index (κ3) is 4.56. The van der Waals surface area contributed by atoms with Crippen molar-refractivity contribution in [2.75, 3.05) is 12.8 Å². The Hall–Kier alpha value is -1.36. The molecule has 112 valence electrons. The fourth-order valence-electron chi connectivity index (χ4n) is 2.15. The summed E-state index contributed by atoms with van der Waals surface area (Å²) in [6.45, 7) is 1.20. The number of hydrogen-bond acceptors (Lipinski definition) is 3. The zero-order chi connectivity index (χ0) is 15.3. The summed E-state index contributed by atoms with van der Waals surface area (Å²) in [5, 5.41) is 3.73. The molecule has 0 fully saturated rings. The fraction of sp³-hybridized carbons (Fsp3) is 0.250. The van der Waals surface area contributed by atoms with Crippen LogP contribution >= 0.6 is 11.6 Å². The van der Waals surface area contributed by atoms with Crippen LogP contribution in [-0.2, 0) is 22.8 Å². The van der Waals surface area contributed by atoms with Crippen molar-refractivity contribution >= 4 is 21.4 Å². The molecule has 0 saturated carbocycles. The normalized spacial score (nSPS) is 11.5. The molecule has 0 aromatic heterocycles. The molecule has 5 heteroatoms. The first-order valence-electron chi connectivity index (χ1n) is 6.70. The van der Waals surface area contributed by atoms with E-state index in [0.717, 1.165) is 13.0 Å². The van der Waals surface area contributed by atoms with Crippen LogP contribution in [0.4, 0.5) is 0 Å². The largest absolute Gasteiger partial charge is 0.312 e. The van der Waals surface area contributed by atoms with E-state index in [1.165, 1.54) is 11.8 Å². The molecule has 0 aliphatic rings. The summed E-state index contributed by atoms with van der Waals surface area (Å²) < 4.78 is 23.5. The topological polar surface area (TPSA) is 46.2 Å². The molecule has 21 heavy (non-hydrogen) atoms. The second-order valence-electron chi connectivity index (χ2n) is 4.90. The Bertz CT molecular complexity index is 699. The van der Waals surface area contributed by atoms with Crippen LogP contribution in [0.3, 0.4) is 0 Å². The van der Waals surface area contributed by atoms with Gasteiger partial charge in [0.2, 0.25) is 0 Å². The minimum atomic E-state index is -3.27. The highest BCUT2D eigenvalue weighted by Gasteiger charge is 2.15. The van der Waals surface area contributed by atoms with Gasteiger partial charge in [-0.25, -0.2) is 8.42 Å². The summed E-state index contributed by atoms with van der Waals surface area (Å²) >= 11 is 6.13. The van der Waals surface area contributed by atoms with Gasteiger partial charge in [-0.15, -0.1) is 0 Å². The Labute approximate surface area is 130 Å². The Kier molecular flexibility index (Phi) is 5.39. The highest BCUT2D eigenvalue weighted by atomic mass is 35.5. The van der Waals surface area contributed by atoms with E-state index in [0.29, 0.717) is 22.0 Å². The van der Waals surface area contributed by atoms with Crippen molar-refractivity contribution in [2.45, 2.75) is 17.9 Å². The van der Waals surface area contributed by atoms with Crippen molar-refractivity contribution in [1.29, 1.82) is 0 Å². The smallest absolute Gasteiger partial charge is 0.175 e. The van der Waals surface area contributed by atoms with Crippen molar-refractivity contribution in [3.8, 4) is 0 Å². The lowest BCUT2D eigenvalue weighted by atomic mass is 10.1. The highest BCUT2D eigenvalue weighted by Crippen LogP contribution is 2.23. The molecule has 0 aliphatic carbocycles. The molecule has 0 amide bonds. The van der Waals surface area contributed by atoms with E-state index in [-0.39, 0.29) is 0 Å². The van der Waals surface area contributed by atoms with Gasteiger partial charge >= 0.3 is 0 Å². The lowest BCUT2D eigenvalue weighted by Crippen LogP contribution is -2.18. The summed E-state index contributed by atoms with van der Waals surface area (Å²) in [5.41, 5.74) is 1.88. The van der Waals surface area contributed by atoms with Crippen LogP contribution in [0.15, 0.2) is 53.4 Å². The summed E-state index contributed by atoms with van der Waals surface area (Å²) in [7, 11) is -3.27. The lowest BCUT2D eigenvalue weighted by Gasteiger charge is -2.11. The maximum atomic E-state index is 11.8. The van der Waals surface area contributed by atoms with E-state index >= 15 is 0 Å². The molecule has 0 saturated heterocycles. The maximum Gasteiger partial charge on any atom is 0.175 e. The Morgan fingerprint density at radius 2 is 1.76 bits per heavy atom. The molecule has 1 N–H and O–H groups in total. The first-order chi connectivity index (χ1) is 9.98. The number of benzene rings is 2. The van der Waals surface area contributed by atoms with E-state index in [4.69, 9.17) is 11.6 Å². The van der Waals surface area contributed by atoms with Gasteiger partial charge in [0.15, 0.2) is 9.84 Å². The van der Waals surface area contributed by atoms with Gasteiger partial charge in [0, 0.05) is 23.4 Å². The summed E-state index contributed by atoms with van der Waals surface area (Å²) in [6, 6.07) is 15.1. The van der Waals surface area contributed by atoms with Gasteiger partial charge in [0.05, 0.1) is 4.90 Å². The quantitative estimate of drug-likeness (QED) is 0.831. The van der Waals surface area contributed by atoms with Gasteiger partial charge in [-0.05, 0) is 30.7 Å². The fourth-order valence-corrected chi connectivity index (χ4v) is 3.40. The maximum absolute atomic E-state index is 11.8. The SMILES string of the molecule is CS(=O)(=O)c1cccc(Cl)c1CNCCc1ccccc1. The van der Waals surface area contributed by atoms with E-state index in [1.54, 1.807) is 18.2 Å². The van der Waals surface area contributed by atoms with Crippen molar-refractivity contribution < 1.29 is 8.42 Å². The summed E-state index contributed by atoms with van der Waals surface area (Å²) in [4.78, 5) is 0.294. The molecule has 0 unspecified atom stereocenters. The van der Waals surface area contributed by atoms with Crippen molar-refractivity contribution in [1.82, 2.24) is 5.32 Å². The minimum absolute atomic E-state index is 0.294. The number of sulfone groups is 1. The third-order valence-electron chi connectivity index (χ3n) is 3.21. The minimum Gasteiger partial charge on any atom is -0.312 e. The van der Waals surface area contributed by atoms with Gasteiger partial charge in [0.1, 0.15) is 0 Å². The first kappa shape index (κ1) is 16.0. The zero-order valence-electron chi connectivity index (χ0n) is 11.8. The molecule has 2 rings (SSSR count). The van der Waals surface area contributed by atoms with E-state index in [9.17, 15) is 8.42 Å². The van der Waals surface area contributed by atoms with Crippen LogP contribution in [0, 0.1) is 0 Å². The molecule has 0 bridgehead atoms. The predicted molar refractivity (Wildman–Crippen MR) is 86.4 cm³/mol. The third-order valence-corrected chi connectivity index (χ3v) is 4.75. The number of nitrogens with one attached hydrogen (secondary N) is 1. The average Bonchev–Trinajstić information content (AvgIpc) is 2.45. The second-order valence-corrected chi connectivity index (χ2v) is 7.29. The molecule has 0 atom stereocenters. The van der Waals surface area contributed by atoms with Gasteiger partial charge in [0.25, 0.3) is 0 Å². The van der Waals surface area contributed by atoms with Gasteiger partial charge < -0.3 is 5.32 Å². The number of rotatable bonds is 6. The van der Waals surface area contributed by atoms with Crippen LogP contribution < -0.4 is 5.32 Å². The molecule has 3 nitrogen and oxygen atoms in total. The van der Waals surface area contributed by atoms with E-state index < -0.39 is 9.84 Å². The number of hydrogen-bond donors (Lipinski definition) is 1. The molecular weight excluding hydrogens is 306 g/mol. The van der Waals surface area contributed by atoms with E-state index in [2.05, 4.69) is 17.4 Å². The van der Waals surface area contributed by atoms with Crippen LogP contribution in [0.5, 0.6) is 0 Å². The van der Waals surface area contributed by atoms with Gasteiger partial charge in [-0.3, -0.25) is 0 Å². The highest BCUT2D eigenvalue weighted by molar-refractivity contribution is 7.90. The second kappa shape index (κ2) is 7.07. The molecular formula is C16H18ClNO2S. The molecule has 0 heterocycles. The lowest BCUT2D eigenvalue weighted by molar-refractivity contribution is 0.598. The van der Waals surface area contributed by atoms with Crippen molar-refractivity contribution in [3.05, 3.63) is 64.7 Å². The molecule has 2 aromatic rings. The van der Waals surface area contributed by atoms with Crippen LogP contribution in [0.1, 0.15) is 11.1 Å². The van der Waals surface area contributed by atoms with Crippen molar-refractivity contribution in [2.24, 2.45) is 0 Å².